The number of aliphatic hydroxyl groups excluding tert-OH is 1. The van der Waals surface area contributed by atoms with Gasteiger partial charge in [0, 0.05) is 38.1 Å². The van der Waals surface area contributed by atoms with Crippen molar-refractivity contribution in [2.24, 2.45) is 10.9 Å². The van der Waals surface area contributed by atoms with Gasteiger partial charge in [0.15, 0.2) is 17.4 Å². The third kappa shape index (κ3) is 5.32. The molecule has 0 atom stereocenters. The maximum Gasteiger partial charge on any atom is 0.191 e. The van der Waals surface area contributed by atoms with E-state index in [-0.39, 0.29) is 0 Å². The molecule has 0 amide bonds. The number of guanidine groups is 1. The lowest BCUT2D eigenvalue weighted by Gasteiger charge is -2.32. The van der Waals surface area contributed by atoms with E-state index in [1.807, 2.05) is 28.8 Å². The van der Waals surface area contributed by atoms with Crippen molar-refractivity contribution in [3.05, 3.63) is 60.0 Å². The molecule has 3 N–H and O–H groups in total. The molecule has 1 fully saturated rings. The Hall–Kier alpha value is -3.13. The van der Waals surface area contributed by atoms with E-state index >= 15 is 0 Å². The molecule has 8 heteroatoms. The molecule has 0 spiro atoms. The van der Waals surface area contributed by atoms with Crippen LogP contribution in [0.1, 0.15) is 31.2 Å². The highest BCUT2D eigenvalue weighted by Gasteiger charge is 2.18. The summed E-state index contributed by atoms with van der Waals surface area (Å²) in [6.45, 7) is 6.30. The summed E-state index contributed by atoms with van der Waals surface area (Å²) in [6, 6.07) is 14.5. The normalized spacial score (nSPS) is 15.4. The van der Waals surface area contributed by atoms with E-state index in [2.05, 4.69) is 56.9 Å². The maximum atomic E-state index is 9.32. The number of aliphatic imine (C=N–C) groups is 1. The van der Waals surface area contributed by atoms with Gasteiger partial charge in [-0.3, -0.25) is 4.40 Å². The minimum atomic E-state index is 0.306. The number of hydrogen-bond acceptors (Lipinski definition) is 5. The Labute approximate surface area is 183 Å². The number of anilines is 1. The Kier molecular flexibility index (Phi) is 6.99. The van der Waals surface area contributed by atoms with Gasteiger partial charge >= 0.3 is 0 Å². The van der Waals surface area contributed by atoms with E-state index in [9.17, 15) is 5.11 Å². The molecule has 3 heterocycles. The van der Waals surface area contributed by atoms with Crippen molar-refractivity contribution >= 4 is 17.3 Å². The smallest absolute Gasteiger partial charge is 0.191 e. The molecule has 164 valence electrons. The van der Waals surface area contributed by atoms with E-state index in [4.69, 9.17) is 4.99 Å². The van der Waals surface area contributed by atoms with Crippen LogP contribution in [-0.4, -0.2) is 51.9 Å². The summed E-state index contributed by atoms with van der Waals surface area (Å²) >= 11 is 0. The average molecular weight is 422 g/mol. The molecule has 1 aromatic carbocycles. The van der Waals surface area contributed by atoms with Gasteiger partial charge in [-0.1, -0.05) is 18.2 Å². The Morgan fingerprint density at radius 2 is 1.90 bits per heavy atom. The molecule has 3 aromatic rings. The summed E-state index contributed by atoms with van der Waals surface area (Å²) in [5.74, 6) is 2.05. The largest absolute Gasteiger partial charge is 0.396 e. The van der Waals surface area contributed by atoms with E-state index in [1.165, 1.54) is 11.3 Å². The quantitative estimate of drug-likeness (QED) is 0.400. The first-order chi connectivity index (χ1) is 15.3. The highest BCUT2D eigenvalue weighted by molar-refractivity contribution is 5.79. The van der Waals surface area contributed by atoms with Crippen LogP contribution in [0.4, 0.5) is 5.69 Å². The highest BCUT2D eigenvalue weighted by atomic mass is 16.3. The van der Waals surface area contributed by atoms with Crippen LogP contribution in [0.15, 0.2) is 53.7 Å². The zero-order valence-electron chi connectivity index (χ0n) is 18.0. The summed E-state index contributed by atoms with van der Waals surface area (Å²) in [7, 11) is 0. The topological polar surface area (TPSA) is 90.1 Å². The molecule has 1 saturated heterocycles. The van der Waals surface area contributed by atoms with Crippen LogP contribution in [0.2, 0.25) is 0 Å². The van der Waals surface area contributed by atoms with Crippen molar-refractivity contribution in [2.75, 3.05) is 31.1 Å². The molecule has 1 aliphatic heterocycles. The first-order valence-electron chi connectivity index (χ1n) is 11.0. The predicted molar refractivity (Wildman–Crippen MR) is 123 cm³/mol. The predicted octanol–water partition coefficient (Wildman–Crippen LogP) is 2.19. The molecule has 1 aliphatic rings. The summed E-state index contributed by atoms with van der Waals surface area (Å²) < 4.78 is 1.97. The lowest BCUT2D eigenvalue weighted by Crippen LogP contribution is -2.37. The number of piperidine rings is 1. The standard InChI is InChI=1S/C23H31N7O/c1-2-24-23(26-16-22-28-27-21-5-3-4-12-30(21)22)25-15-18-6-8-20(9-7-18)29-13-10-19(17-31)11-14-29/h3-9,12,19,31H,2,10-11,13-17H2,1H3,(H2,24,25,26). The molecular weight excluding hydrogens is 390 g/mol. The summed E-state index contributed by atoms with van der Waals surface area (Å²) in [5.41, 5.74) is 3.24. The fraction of sp³-hybridized carbons (Fsp3) is 0.435. The number of pyridine rings is 1. The van der Waals surface area contributed by atoms with Gasteiger partial charge in [-0.05, 0) is 55.5 Å². The Bertz CT molecular complexity index is 991. The summed E-state index contributed by atoms with van der Waals surface area (Å²) in [4.78, 5) is 7.12. The Balaban J connectivity index is 1.34. The Morgan fingerprint density at radius 1 is 1.10 bits per heavy atom. The van der Waals surface area contributed by atoms with Crippen LogP contribution < -0.4 is 15.5 Å². The first-order valence-corrected chi connectivity index (χ1v) is 11.0. The molecule has 0 aliphatic carbocycles. The maximum absolute atomic E-state index is 9.32. The third-order valence-electron chi connectivity index (χ3n) is 5.74. The molecule has 0 saturated carbocycles. The second-order valence-electron chi connectivity index (χ2n) is 7.87. The van der Waals surface area contributed by atoms with Crippen LogP contribution in [0.3, 0.4) is 0 Å². The van der Waals surface area contributed by atoms with Crippen LogP contribution in [0, 0.1) is 5.92 Å². The van der Waals surface area contributed by atoms with Crippen molar-refractivity contribution in [3.63, 3.8) is 0 Å². The second-order valence-corrected chi connectivity index (χ2v) is 7.87. The van der Waals surface area contributed by atoms with Crippen molar-refractivity contribution < 1.29 is 5.11 Å². The van der Waals surface area contributed by atoms with Crippen molar-refractivity contribution in [3.8, 4) is 0 Å². The lowest BCUT2D eigenvalue weighted by molar-refractivity contribution is 0.203. The number of aliphatic hydroxyl groups is 1. The van der Waals surface area contributed by atoms with Gasteiger partial charge in [0.05, 0.1) is 13.1 Å². The van der Waals surface area contributed by atoms with Gasteiger partial charge in [0.1, 0.15) is 0 Å². The van der Waals surface area contributed by atoms with Crippen molar-refractivity contribution in [2.45, 2.75) is 32.9 Å². The van der Waals surface area contributed by atoms with E-state index in [1.54, 1.807) is 0 Å². The molecule has 4 rings (SSSR count). The number of nitrogens with one attached hydrogen (secondary N) is 2. The van der Waals surface area contributed by atoms with Crippen molar-refractivity contribution in [1.82, 2.24) is 25.2 Å². The van der Waals surface area contributed by atoms with E-state index in [0.29, 0.717) is 25.6 Å². The monoisotopic (exact) mass is 421 g/mol. The molecule has 0 bridgehead atoms. The van der Waals surface area contributed by atoms with Crippen LogP contribution in [0.5, 0.6) is 0 Å². The molecule has 8 nitrogen and oxygen atoms in total. The zero-order chi connectivity index (χ0) is 21.5. The van der Waals surface area contributed by atoms with Gasteiger partial charge in [-0.2, -0.15) is 0 Å². The van der Waals surface area contributed by atoms with Gasteiger partial charge < -0.3 is 20.6 Å². The molecule has 31 heavy (non-hydrogen) atoms. The van der Waals surface area contributed by atoms with Gasteiger partial charge in [0.25, 0.3) is 0 Å². The lowest BCUT2D eigenvalue weighted by atomic mass is 9.97. The van der Waals surface area contributed by atoms with E-state index in [0.717, 1.165) is 49.9 Å². The van der Waals surface area contributed by atoms with E-state index < -0.39 is 0 Å². The zero-order valence-corrected chi connectivity index (χ0v) is 18.0. The average Bonchev–Trinajstić information content (AvgIpc) is 3.24. The summed E-state index contributed by atoms with van der Waals surface area (Å²) in [6.07, 6.45) is 4.08. The minimum absolute atomic E-state index is 0.306. The molecule has 0 unspecified atom stereocenters. The third-order valence-corrected chi connectivity index (χ3v) is 5.74. The fourth-order valence-electron chi connectivity index (χ4n) is 3.87. The summed E-state index contributed by atoms with van der Waals surface area (Å²) in [5, 5.41) is 24.4. The van der Waals surface area contributed by atoms with Crippen LogP contribution >= 0.6 is 0 Å². The first kappa shape index (κ1) is 21.1. The minimum Gasteiger partial charge on any atom is -0.396 e. The SMILES string of the molecule is CCNC(=NCc1ccc(N2CCC(CO)CC2)cc1)NCc1nnc2ccccn12. The van der Waals surface area contributed by atoms with Crippen LogP contribution in [-0.2, 0) is 13.1 Å². The number of aromatic nitrogens is 3. The van der Waals surface area contributed by atoms with Crippen molar-refractivity contribution in [1.29, 1.82) is 0 Å². The van der Waals surface area contributed by atoms with Gasteiger partial charge in [-0.25, -0.2) is 4.99 Å². The van der Waals surface area contributed by atoms with Gasteiger partial charge in [0.2, 0.25) is 0 Å². The second kappa shape index (κ2) is 10.3. The molecular formula is C23H31N7O. The van der Waals surface area contributed by atoms with Gasteiger partial charge in [-0.15, -0.1) is 10.2 Å². The number of rotatable bonds is 7. The molecule has 2 aromatic heterocycles. The molecule has 0 radical (unpaired) electrons. The number of benzene rings is 1. The Morgan fingerprint density at radius 3 is 2.65 bits per heavy atom. The highest BCUT2D eigenvalue weighted by Crippen LogP contribution is 2.23. The van der Waals surface area contributed by atoms with Crippen LogP contribution in [0.25, 0.3) is 5.65 Å². The number of hydrogen-bond donors (Lipinski definition) is 3. The number of fused-ring (bicyclic) bond motifs is 1. The fourth-order valence-corrected chi connectivity index (χ4v) is 3.87. The number of nitrogens with zero attached hydrogens (tertiary/aromatic N) is 5.